The minimum atomic E-state index is 0.207. The Morgan fingerprint density at radius 2 is 1.76 bits per heavy atom. The zero-order valence-corrected chi connectivity index (χ0v) is 12.7. The maximum Gasteiger partial charge on any atom is 0.168 e. The fourth-order valence-corrected chi connectivity index (χ4v) is 3.05. The van der Waals surface area contributed by atoms with Crippen LogP contribution >= 0.6 is 11.6 Å². The molecule has 3 rings (SSSR count). The molecule has 3 heteroatoms. The van der Waals surface area contributed by atoms with E-state index in [1.165, 1.54) is 16.0 Å². The third-order valence-electron chi connectivity index (χ3n) is 4.18. The summed E-state index contributed by atoms with van der Waals surface area (Å²) in [7, 11) is 0. The number of fused-ring (bicyclic) bond motifs is 1. The minimum absolute atomic E-state index is 0.207. The summed E-state index contributed by atoms with van der Waals surface area (Å²) in [6.07, 6.45) is 1.71. The van der Waals surface area contributed by atoms with E-state index in [2.05, 4.69) is 24.3 Å². The van der Waals surface area contributed by atoms with Crippen molar-refractivity contribution in [2.75, 3.05) is 13.1 Å². The number of quaternary nitrogens is 1. The fourth-order valence-electron chi connectivity index (χ4n) is 2.93. The summed E-state index contributed by atoms with van der Waals surface area (Å²) in [5.41, 5.74) is 3.65. The van der Waals surface area contributed by atoms with Crippen LogP contribution < -0.4 is 4.90 Å². The Morgan fingerprint density at radius 3 is 2.52 bits per heavy atom. The van der Waals surface area contributed by atoms with E-state index in [0.29, 0.717) is 11.4 Å². The topological polar surface area (TPSA) is 21.5 Å². The van der Waals surface area contributed by atoms with Crippen molar-refractivity contribution in [1.29, 1.82) is 0 Å². The number of benzene rings is 2. The normalized spacial score (nSPS) is 17.3. The van der Waals surface area contributed by atoms with Crippen molar-refractivity contribution in [2.45, 2.75) is 19.4 Å². The molecular weight excluding hydrogens is 282 g/mol. The van der Waals surface area contributed by atoms with Crippen LogP contribution in [0.2, 0.25) is 5.02 Å². The summed E-state index contributed by atoms with van der Waals surface area (Å²) in [6, 6.07) is 15.8. The van der Waals surface area contributed by atoms with Gasteiger partial charge in [0.2, 0.25) is 0 Å². The van der Waals surface area contributed by atoms with Crippen LogP contribution in [0.3, 0.4) is 0 Å². The molecule has 0 radical (unpaired) electrons. The lowest BCUT2D eigenvalue weighted by Gasteiger charge is -2.25. The smallest absolute Gasteiger partial charge is 0.168 e. The summed E-state index contributed by atoms with van der Waals surface area (Å²) < 4.78 is 0. The molecule has 0 fully saturated rings. The molecule has 2 aromatic carbocycles. The van der Waals surface area contributed by atoms with Crippen LogP contribution in [0.1, 0.15) is 27.9 Å². The number of carbonyl (C=O) groups excluding carboxylic acids is 1. The van der Waals surface area contributed by atoms with Gasteiger partial charge in [-0.05, 0) is 29.8 Å². The fraction of sp³-hybridized carbons (Fsp3) is 0.278. The molecule has 21 heavy (non-hydrogen) atoms. The van der Waals surface area contributed by atoms with Crippen LogP contribution in [0, 0.1) is 0 Å². The Balaban J connectivity index is 1.56. The highest BCUT2D eigenvalue weighted by molar-refractivity contribution is 6.30. The number of nitrogens with one attached hydrogen (secondary N) is 1. The molecule has 1 atom stereocenters. The Kier molecular flexibility index (Phi) is 4.37. The SMILES string of the molecule is O=C(CC[NH+]1CCc2ccccc2C1)c1ccc(Cl)cc1. The number of hydrogen-bond acceptors (Lipinski definition) is 1. The van der Waals surface area contributed by atoms with E-state index in [4.69, 9.17) is 11.6 Å². The number of halogens is 1. The van der Waals surface area contributed by atoms with Gasteiger partial charge < -0.3 is 4.90 Å². The van der Waals surface area contributed by atoms with Crippen LogP contribution in [0.15, 0.2) is 48.5 Å². The molecule has 1 aliphatic rings. The molecule has 0 aromatic heterocycles. The maximum absolute atomic E-state index is 12.2. The van der Waals surface area contributed by atoms with Gasteiger partial charge in [0.15, 0.2) is 5.78 Å². The molecule has 0 bridgehead atoms. The lowest BCUT2D eigenvalue weighted by atomic mass is 9.99. The first-order valence-corrected chi connectivity index (χ1v) is 7.79. The zero-order chi connectivity index (χ0) is 14.7. The number of carbonyl (C=O) groups is 1. The highest BCUT2D eigenvalue weighted by Gasteiger charge is 2.19. The summed E-state index contributed by atoms with van der Waals surface area (Å²) in [6.45, 7) is 3.05. The first kappa shape index (κ1) is 14.3. The van der Waals surface area contributed by atoms with Crippen molar-refractivity contribution in [2.24, 2.45) is 0 Å². The molecule has 1 heterocycles. The number of Topliss-reactive ketones (excluding diaryl/α,β-unsaturated/α-hetero) is 1. The first-order chi connectivity index (χ1) is 10.2. The van der Waals surface area contributed by atoms with Gasteiger partial charge in [0.1, 0.15) is 6.54 Å². The molecule has 0 aliphatic carbocycles. The highest BCUT2D eigenvalue weighted by atomic mass is 35.5. The largest absolute Gasteiger partial charge is 0.331 e. The van der Waals surface area contributed by atoms with Crippen molar-refractivity contribution in [3.05, 3.63) is 70.2 Å². The Bertz CT molecular complexity index is 636. The van der Waals surface area contributed by atoms with Crippen molar-refractivity contribution in [3.63, 3.8) is 0 Å². The van der Waals surface area contributed by atoms with E-state index < -0.39 is 0 Å². The number of ketones is 1. The summed E-state index contributed by atoms with van der Waals surface area (Å²) in [5.74, 6) is 0.207. The molecule has 2 nitrogen and oxygen atoms in total. The van der Waals surface area contributed by atoms with Crippen LogP contribution in [0.25, 0.3) is 0 Å². The second-order valence-electron chi connectivity index (χ2n) is 5.63. The third-order valence-corrected chi connectivity index (χ3v) is 4.43. The van der Waals surface area contributed by atoms with E-state index in [1.807, 2.05) is 12.1 Å². The molecule has 1 aliphatic heterocycles. The predicted octanol–water partition coefficient (Wildman–Crippen LogP) is 2.55. The van der Waals surface area contributed by atoms with Gasteiger partial charge >= 0.3 is 0 Å². The number of hydrogen-bond donors (Lipinski definition) is 1. The van der Waals surface area contributed by atoms with E-state index in [-0.39, 0.29) is 5.78 Å². The van der Waals surface area contributed by atoms with Crippen molar-refractivity contribution in [1.82, 2.24) is 0 Å². The van der Waals surface area contributed by atoms with Gasteiger partial charge in [0, 0.05) is 22.6 Å². The Labute approximate surface area is 130 Å². The average Bonchev–Trinajstić information content (AvgIpc) is 2.53. The van der Waals surface area contributed by atoms with Crippen LogP contribution in [0.4, 0.5) is 0 Å². The second-order valence-corrected chi connectivity index (χ2v) is 6.06. The summed E-state index contributed by atoms with van der Waals surface area (Å²) >= 11 is 5.85. The Morgan fingerprint density at radius 1 is 1.05 bits per heavy atom. The van der Waals surface area contributed by atoms with E-state index in [1.54, 1.807) is 12.1 Å². The second kappa shape index (κ2) is 6.42. The molecule has 2 aromatic rings. The van der Waals surface area contributed by atoms with Gasteiger partial charge in [-0.15, -0.1) is 0 Å². The van der Waals surface area contributed by atoms with Gasteiger partial charge in [0.25, 0.3) is 0 Å². The van der Waals surface area contributed by atoms with Crippen LogP contribution in [-0.2, 0) is 13.0 Å². The van der Waals surface area contributed by atoms with Gasteiger partial charge in [-0.2, -0.15) is 0 Å². The monoisotopic (exact) mass is 300 g/mol. The van der Waals surface area contributed by atoms with Crippen molar-refractivity contribution in [3.8, 4) is 0 Å². The van der Waals surface area contributed by atoms with Gasteiger partial charge in [-0.1, -0.05) is 35.9 Å². The molecule has 1 N–H and O–H groups in total. The summed E-state index contributed by atoms with van der Waals surface area (Å²) in [5, 5.41) is 0.671. The van der Waals surface area contributed by atoms with Crippen LogP contribution in [0.5, 0.6) is 0 Å². The predicted molar refractivity (Wildman–Crippen MR) is 84.9 cm³/mol. The molecule has 0 amide bonds. The van der Waals surface area contributed by atoms with E-state index in [0.717, 1.165) is 31.6 Å². The zero-order valence-electron chi connectivity index (χ0n) is 11.9. The minimum Gasteiger partial charge on any atom is -0.331 e. The maximum atomic E-state index is 12.2. The molecule has 0 saturated carbocycles. The van der Waals surface area contributed by atoms with Crippen LogP contribution in [-0.4, -0.2) is 18.9 Å². The Hall–Kier alpha value is -1.64. The molecule has 1 unspecified atom stereocenters. The lowest BCUT2D eigenvalue weighted by molar-refractivity contribution is -0.915. The van der Waals surface area contributed by atoms with E-state index in [9.17, 15) is 4.79 Å². The van der Waals surface area contributed by atoms with Crippen molar-refractivity contribution >= 4 is 17.4 Å². The standard InChI is InChI=1S/C18H18ClNO/c19-17-7-5-15(6-8-17)18(21)10-12-20-11-9-14-3-1-2-4-16(14)13-20/h1-8H,9-13H2/p+1. The quantitative estimate of drug-likeness (QED) is 0.861. The molecule has 0 spiro atoms. The van der Waals surface area contributed by atoms with Gasteiger partial charge in [-0.3, -0.25) is 4.79 Å². The highest BCUT2D eigenvalue weighted by Crippen LogP contribution is 2.12. The van der Waals surface area contributed by atoms with E-state index >= 15 is 0 Å². The molecule has 108 valence electrons. The summed E-state index contributed by atoms with van der Waals surface area (Å²) in [4.78, 5) is 13.7. The van der Waals surface area contributed by atoms with Gasteiger partial charge in [-0.25, -0.2) is 0 Å². The average molecular weight is 301 g/mol. The molecule has 0 saturated heterocycles. The van der Waals surface area contributed by atoms with Gasteiger partial charge in [0.05, 0.1) is 19.5 Å². The third kappa shape index (κ3) is 3.52. The van der Waals surface area contributed by atoms with Crippen molar-refractivity contribution < 1.29 is 9.69 Å². The molecular formula is C18H19ClNO+. The number of rotatable bonds is 4. The first-order valence-electron chi connectivity index (χ1n) is 7.41. The lowest BCUT2D eigenvalue weighted by Crippen LogP contribution is -3.11.